The molecule has 2 heterocycles. The molecule has 1 atom stereocenters. The van der Waals surface area contributed by atoms with Crippen LogP contribution in [-0.2, 0) is 10.4 Å². The summed E-state index contributed by atoms with van der Waals surface area (Å²) in [5.74, 6) is -1.12. The predicted molar refractivity (Wildman–Crippen MR) is 82.2 cm³/mol. The largest absolute Gasteiger partial charge is 0.375 e. The number of fused-ring (bicyclic) bond motifs is 1. The highest BCUT2D eigenvalue weighted by atomic mass is 35.5. The van der Waals surface area contributed by atoms with Crippen molar-refractivity contribution in [2.75, 3.05) is 5.32 Å². The van der Waals surface area contributed by atoms with E-state index in [9.17, 15) is 14.7 Å². The fraction of sp³-hybridized carbons (Fsp3) is 0.133. The minimum atomic E-state index is -2.02. The Morgan fingerprint density at radius 3 is 2.82 bits per heavy atom. The third-order valence-electron chi connectivity index (χ3n) is 3.49. The van der Waals surface area contributed by atoms with Crippen LogP contribution in [0, 0.1) is 0 Å². The second kappa shape index (κ2) is 5.35. The van der Waals surface area contributed by atoms with E-state index in [2.05, 4.69) is 10.3 Å². The molecule has 0 saturated carbocycles. The molecule has 22 heavy (non-hydrogen) atoms. The maximum atomic E-state index is 12.3. The summed E-state index contributed by atoms with van der Waals surface area (Å²) in [6.07, 6.45) is 2.48. The Kier molecular flexibility index (Phi) is 3.64. The molecular formula is C15H10Cl2N2O3. The number of pyridine rings is 1. The van der Waals surface area contributed by atoms with Crippen LogP contribution in [0.3, 0.4) is 0 Å². The minimum absolute atomic E-state index is 0.127. The van der Waals surface area contributed by atoms with Crippen LogP contribution < -0.4 is 5.32 Å². The third kappa shape index (κ3) is 2.37. The zero-order valence-corrected chi connectivity index (χ0v) is 12.6. The van der Waals surface area contributed by atoms with Gasteiger partial charge >= 0.3 is 0 Å². The zero-order chi connectivity index (χ0) is 15.9. The van der Waals surface area contributed by atoms with Gasteiger partial charge in [0.2, 0.25) is 0 Å². The van der Waals surface area contributed by atoms with Crippen LogP contribution >= 0.6 is 23.2 Å². The Bertz CT molecular complexity index is 780. The molecule has 2 N–H and O–H groups in total. The maximum absolute atomic E-state index is 12.3. The normalized spacial score (nSPS) is 19.7. The lowest BCUT2D eigenvalue weighted by Crippen LogP contribution is -2.36. The molecule has 0 aliphatic carbocycles. The summed E-state index contributed by atoms with van der Waals surface area (Å²) in [5.41, 5.74) is -1.24. The van der Waals surface area contributed by atoms with E-state index >= 15 is 0 Å². The van der Waals surface area contributed by atoms with Gasteiger partial charge in [-0.25, -0.2) is 0 Å². The van der Waals surface area contributed by atoms with Gasteiger partial charge in [0.1, 0.15) is 0 Å². The number of aromatic nitrogens is 1. The number of halogens is 2. The summed E-state index contributed by atoms with van der Waals surface area (Å²) in [6, 6.07) is 6.07. The highest BCUT2D eigenvalue weighted by molar-refractivity contribution is 6.36. The van der Waals surface area contributed by atoms with E-state index in [1.54, 1.807) is 12.1 Å². The molecule has 5 nitrogen and oxygen atoms in total. The van der Waals surface area contributed by atoms with Gasteiger partial charge in [0, 0.05) is 28.5 Å². The molecule has 1 aliphatic rings. The Morgan fingerprint density at radius 1 is 1.36 bits per heavy atom. The van der Waals surface area contributed by atoms with Crippen LogP contribution in [0.4, 0.5) is 5.69 Å². The lowest BCUT2D eigenvalue weighted by atomic mass is 9.88. The molecule has 7 heteroatoms. The van der Waals surface area contributed by atoms with E-state index in [4.69, 9.17) is 23.2 Å². The summed E-state index contributed by atoms with van der Waals surface area (Å²) in [6.45, 7) is 0. The second-order valence-corrected chi connectivity index (χ2v) is 5.81. The smallest absolute Gasteiger partial charge is 0.261 e. The highest BCUT2D eigenvalue weighted by Gasteiger charge is 2.48. The van der Waals surface area contributed by atoms with Crippen molar-refractivity contribution in [2.45, 2.75) is 12.0 Å². The molecule has 112 valence electrons. The number of benzene rings is 1. The molecule has 0 bridgehead atoms. The van der Waals surface area contributed by atoms with Crippen molar-refractivity contribution in [2.24, 2.45) is 0 Å². The highest BCUT2D eigenvalue weighted by Crippen LogP contribution is 2.44. The molecule has 1 aromatic heterocycles. The summed E-state index contributed by atoms with van der Waals surface area (Å²) >= 11 is 12.0. The number of nitrogens with zero attached hydrogens (tertiary/aromatic N) is 1. The first-order valence-corrected chi connectivity index (χ1v) is 7.14. The molecular weight excluding hydrogens is 327 g/mol. The van der Waals surface area contributed by atoms with Crippen molar-refractivity contribution in [1.29, 1.82) is 0 Å². The van der Waals surface area contributed by atoms with Crippen molar-refractivity contribution in [3.8, 4) is 0 Å². The lowest BCUT2D eigenvalue weighted by molar-refractivity contribution is -0.133. The number of carbonyl (C=O) groups is 2. The maximum Gasteiger partial charge on any atom is 0.261 e. The number of aliphatic hydroxyl groups is 1. The fourth-order valence-corrected chi connectivity index (χ4v) is 3.11. The van der Waals surface area contributed by atoms with Crippen LogP contribution in [0.25, 0.3) is 0 Å². The molecule has 0 unspecified atom stereocenters. The van der Waals surface area contributed by atoms with Crippen LogP contribution in [0.1, 0.15) is 22.3 Å². The van der Waals surface area contributed by atoms with Gasteiger partial charge in [0.25, 0.3) is 5.91 Å². The van der Waals surface area contributed by atoms with Crippen molar-refractivity contribution in [1.82, 2.24) is 4.98 Å². The standard InChI is InChI=1S/C15H10Cl2N2O3/c16-9-4-10(17)13-11(5-9)19-14(21)15(13,22)6-12(20)8-2-1-3-18-7-8/h1-5,7,22H,6H2,(H,19,21)/t15-/m1/s1. The van der Waals surface area contributed by atoms with E-state index in [1.165, 1.54) is 24.5 Å². The average Bonchev–Trinajstić information content (AvgIpc) is 2.70. The first-order valence-electron chi connectivity index (χ1n) is 6.38. The van der Waals surface area contributed by atoms with E-state index in [1.807, 2.05) is 0 Å². The van der Waals surface area contributed by atoms with E-state index in [-0.39, 0.29) is 10.6 Å². The number of Topliss-reactive ketones (excluding diaryl/α,β-unsaturated/α-hetero) is 1. The van der Waals surface area contributed by atoms with Gasteiger partial charge in [0.05, 0.1) is 17.1 Å². The molecule has 1 amide bonds. The number of ketones is 1. The first kappa shape index (κ1) is 15.0. The Balaban J connectivity index is 2.01. The Hall–Kier alpha value is -1.95. The van der Waals surface area contributed by atoms with Gasteiger partial charge in [-0.15, -0.1) is 0 Å². The molecule has 1 aliphatic heterocycles. The van der Waals surface area contributed by atoms with Crippen LogP contribution in [0.5, 0.6) is 0 Å². The summed E-state index contributed by atoms with van der Waals surface area (Å²) < 4.78 is 0. The van der Waals surface area contributed by atoms with Gasteiger partial charge in [-0.1, -0.05) is 23.2 Å². The summed E-state index contributed by atoms with van der Waals surface area (Å²) in [4.78, 5) is 28.3. The Labute approximate surface area is 135 Å². The van der Waals surface area contributed by atoms with Crippen LogP contribution in [0.15, 0.2) is 36.7 Å². The van der Waals surface area contributed by atoms with Crippen molar-refractivity contribution in [3.05, 3.63) is 57.8 Å². The molecule has 1 aromatic carbocycles. The number of rotatable bonds is 3. The monoisotopic (exact) mass is 336 g/mol. The summed E-state index contributed by atoms with van der Waals surface area (Å²) in [7, 11) is 0. The van der Waals surface area contributed by atoms with Gasteiger partial charge in [-0.2, -0.15) is 0 Å². The predicted octanol–water partition coefficient (Wildman–Crippen LogP) is 2.80. The number of hydrogen-bond acceptors (Lipinski definition) is 4. The molecule has 0 radical (unpaired) electrons. The van der Waals surface area contributed by atoms with E-state index in [0.717, 1.165) is 0 Å². The van der Waals surface area contributed by atoms with Gasteiger partial charge < -0.3 is 10.4 Å². The van der Waals surface area contributed by atoms with Gasteiger partial charge in [-0.3, -0.25) is 14.6 Å². The van der Waals surface area contributed by atoms with Crippen molar-refractivity contribution >= 4 is 40.6 Å². The molecule has 2 aromatic rings. The molecule has 0 spiro atoms. The van der Waals surface area contributed by atoms with E-state index < -0.39 is 23.7 Å². The number of amides is 1. The topological polar surface area (TPSA) is 79.3 Å². The lowest BCUT2D eigenvalue weighted by Gasteiger charge is -2.21. The van der Waals surface area contributed by atoms with Crippen molar-refractivity contribution in [3.63, 3.8) is 0 Å². The fourth-order valence-electron chi connectivity index (χ4n) is 2.46. The number of anilines is 1. The van der Waals surface area contributed by atoms with Crippen LogP contribution in [-0.4, -0.2) is 21.8 Å². The minimum Gasteiger partial charge on any atom is -0.375 e. The molecule has 0 saturated heterocycles. The molecule has 3 rings (SSSR count). The van der Waals surface area contributed by atoms with E-state index in [0.29, 0.717) is 16.3 Å². The number of carbonyl (C=O) groups excluding carboxylic acids is 2. The van der Waals surface area contributed by atoms with Crippen molar-refractivity contribution < 1.29 is 14.7 Å². The quantitative estimate of drug-likeness (QED) is 0.844. The van der Waals surface area contributed by atoms with Gasteiger partial charge in [-0.05, 0) is 24.3 Å². The average molecular weight is 337 g/mol. The first-order chi connectivity index (χ1) is 10.4. The third-order valence-corrected chi connectivity index (χ3v) is 4.01. The van der Waals surface area contributed by atoms with Gasteiger partial charge in [0.15, 0.2) is 11.4 Å². The Morgan fingerprint density at radius 2 is 2.14 bits per heavy atom. The second-order valence-electron chi connectivity index (χ2n) is 4.97. The zero-order valence-electron chi connectivity index (χ0n) is 11.1. The number of nitrogens with one attached hydrogen (secondary N) is 1. The number of hydrogen-bond donors (Lipinski definition) is 2. The SMILES string of the molecule is O=C(C[C@]1(O)C(=O)Nc2cc(Cl)cc(Cl)c21)c1cccnc1. The summed E-state index contributed by atoms with van der Waals surface area (Å²) in [5, 5.41) is 13.7. The molecule has 0 fully saturated rings. The van der Waals surface area contributed by atoms with Crippen LogP contribution in [0.2, 0.25) is 10.0 Å².